The van der Waals surface area contributed by atoms with Crippen molar-refractivity contribution in [3.8, 4) is 0 Å². The number of hydrazine groups is 1. The van der Waals surface area contributed by atoms with Gasteiger partial charge in [0.15, 0.2) is 9.84 Å². The number of fused-ring (bicyclic) bond motifs is 1. The number of hydrogen-bond donors (Lipinski definition) is 2. The van der Waals surface area contributed by atoms with Gasteiger partial charge in [-0.1, -0.05) is 36.4 Å². The van der Waals surface area contributed by atoms with E-state index in [1.165, 1.54) is 6.20 Å². The summed E-state index contributed by atoms with van der Waals surface area (Å²) in [5.74, 6) is 5.90. The first kappa shape index (κ1) is 18.9. The zero-order valence-corrected chi connectivity index (χ0v) is 16.2. The molecule has 146 valence electrons. The molecule has 1 aliphatic rings. The predicted octanol–water partition coefficient (Wildman–Crippen LogP) is 2.63. The first-order valence-corrected chi connectivity index (χ1v) is 10.9. The van der Waals surface area contributed by atoms with Crippen molar-refractivity contribution in [3.63, 3.8) is 0 Å². The summed E-state index contributed by atoms with van der Waals surface area (Å²) in [6.07, 6.45) is 3.14. The van der Waals surface area contributed by atoms with E-state index in [9.17, 15) is 13.2 Å². The number of aromatic amines is 1. The van der Waals surface area contributed by atoms with E-state index < -0.39 is 15.1 Å². The van der Waals surface area contributed by atoms with Gasteiger partial charge in [0.1, 0.15) is 0 Å². The molecular weight excluding hydrogens is 374 g/mol. The molecule has 0 radical (unpaired) electrons. The molecule has 0 bridgehead atoms. The van der Waals surface area contributed by atoms with Crippen LogP contribution in [0.5, 0.6) is 0 Å². The highest BCUT2D eigenvalue weighted by Crippen LogP contribution is 2.40. The highest BCUT2D eigenvalue weighted by molar-refractivity contribution is 7.92. The summed E-state index contributed by atoms with van der Waals surface area (Å²) < 4.78 is 27.8. The van der Waals surface area contributed by atoms with Crippen LogP contribution in [0.4, 0.5) is 0 Å². The quantitative estimate of drug-likeness (QED) is 0.660. The smallest absolute Gasteiger partial charge is 0.255 e. The van der Waals surface area contributed by atoms with E-state index in [4.69, 9.17) is 5.84 Å². The standard InChI is InChI=1S/C21H23N3O3S/c22-24-13-5-8-16(14-24)20(15-6-2-1-3-7-15)28(26,27)19-10-4-9-18-17(19)11-12-23-21(18)25/h1-4,6-7,9-12,16,20H,5,8,13-14,22H2,(H,23,25). The number of piperidine rings is 1. The summed E-state index contributed by atoms with van der Waals surface area (Å²) in [4.78, 5) is 15.0. The molecule has 2 heterocycles. The molecular formula is C21H23N3O3S. The van der Waals surface area contributed by atoms with Gasteiger partial charge in [-0.3, -0.25) is 10.6 Å². The third kappa shape index (κ3) is 3.37. The number of hydrogen-bond acceptors (Lipinski definition) is 5. The summed E-state index contributed by atoms with van der Waals surface area (Å²) >= 11 is 0. The van der Waals surface area contributed by atoms with E-state index >= 15 is 0 Å². The Morgan fingerprint density at radius 3 is 2.57 bits per heavy atom. The second-order valence-electron chi connectivity index (χ2n) is 7.30. The maximum atomic E-state index is 13.9. The Morgan fingerprint density at radius 1 is 1.04 bits per heavy atom. The number of rotatable bonds is 4. The van der Waals surface area contributed by atoms with Gasteiger partial charge in [-0.25, -0.2) is 13.4 Å². The molecule has 1 saturated heterocycles. The van der Waals surface area contributed by atoms with Crippen molar-refractivity contribution in [1.29, 1.82) is 0 Å². The highest BCUT2D eigenvalue weighted by atomic mass is 32.2. The van der Waals surface area contributed by atoms with Crippen molar-refractivity contribution in [3.05, 3.63) is 76.7 Å². The second-order valence-corrected chi connectivity index (χ2v) is 9.34. The number of nitrogens with zero attached hydrogens (tertiary/aromatic N) is 1. The molecule has 3 aromatic rings. The van der Waals surface area contributed by atoms with Crippen molar-refractivity contribution in [2.75, 3.05) is 13.1 Å². The van der Waals surface area contributed by atoms with E-state index in [1.54, 1.807) is 29.3 Å². The SMILES string of the molecule is NN1CCCC(C(c2ccccc2)S(=O)(=O)c2cccc3c(=O)[nH]ccc23)C1. The van der Waals surface area contributed by atoms with Crippen molar-refractivity contribution in [1.82, 2.24) is 9.99 Å². The summed E-state index contributed by atoms with van der Waals surface area (Å²) in [5.41, 5.74) is 0.459. The number of pyridine rings is 1. The average molecular weight is 398 g/mol. The fraction of sp³-hybridized carbons (Fsp3) is 0.286. The molecule has 4 rings (SSSR count). The molecule has 0 aliphatic carbocycles. The van der Waals surface area contributed by atoms with Crippen molar-refractivity contribution in [2.24, 2.45) is 11.8 Å². The summed E-state index contributed by atoms with van der Waals surface area (Å²) in [5, 5.41) is 1.81. The van der Waals surface area contributed by atoms with Gasteiger partial charge in [0.25, 0.3) is 5.56 Å². The van der Waals surface area contributed by atoms with E-state index in [2.05, 4.69) is 4.98 Å². The minimum atomic E-state index is -3.76. The Kier molecular flexibility index (Phi) is 5.05. The first-order chi connectivity index (χ1) is 13.5. The Bertz CT molecular complexity index is 1140. The molecule has 0 saturated carbocycles. The van der Waals surface area contributed by atoms with Crippen molar-refractivity contribution < 1.29 is 8.42 Å². The van der Waals surface area contributed by atoms with Crippen molar-refractivity contribution in [2.45, 2.75) is 23.0 Å². The van der Waals surface area contributed by atoms with Crippen LogP contribution in [-0.4, -0.2) is 31.5 Å². The highest BCUT2D eigenvalue weighted by Gasteiger charge is 2.38. The molecule has 7 heteroatoms. The maximum Gasteiger partial charge on any atom is 0.255 e. The molecule has 1 aliphatic heterocycles. The van der Waals surface area contributed by atoms with Gasteiger partial charge in [-0.05, 0) is 42.5 Å². The molecule has 2 aromatic carbocycles. The monoisotopic (exact) mass is 397 g/mol. The van der Waals surface area contributed by atoms with Crippen LogP contribution >= 0.6 is 0 Å². The van der Waals surface area contributed by atoms with Gasteiger partial charge in [-0.2, -0.15) is 0 Å². The lowest BCUT2D eigenvalue weighted by Crippen LogP contribution is -2.43. The minimum Gasteiger partial charge on any atom is -0.329 e. The molecule has 3 N–H and O–H groups in total. The Labute approximate surface area is 163 Å². The van der Waals surface area contributed by atoms with Crippen LogP contribution in [-0.2, 0) is 9.84 Å². The molecule has 0 amide bonds. The van der Waals surface area contributed by atoms with Crippen LogP contribution in [0, 0.1) is 5.92 Å². The first-order valence-electron chi connectivity index (χ1n) is 9.37. The molecule has 1 fully saturated rings. The summed E-state index contributed by atoms with van der Waals surface area (Å²) in [7, 11) is -3.76. The Balaban J connectivity index is 1.91. The topological polar surface area (TPSA) is 96.3 Å². The van der Waals surface area contributed by atoms with E-state index in [1.807, 2.05) is 30.3 Å². The second kappa shape index (κ2) is 7.50. The number of nitrogens with two attached hydrogens (primary N) is 1. The van der Waals surface area contributed by atoms with Crippen LogP contribution in [0.2, 0.25) is 0 Å². The Hall–Kier alpha value is -2.48. The van der Waals surface area contributed by atoms with Crippen LogP contribution in [0.1, 0.15) is 23.7 Å². The third-order valence-corrected chi connectivity index (χ3v) is 7.76. The van der Waals surface area contributed by atoms with Crippen LogP contribution in [0.3, 0.4) is 0 Å². The molecule has 2 unspecified atom stereocenters. The van der Waals surface area contributed by atoms with Gasteiger partial charge in [0.2, 0.25) is 0 Å². The number of nitrogens with one attached hydrogen (secondary N) is 1. The third-order valence-electron chi connectivity index (χ3n) is 5.46. The number of aromatic nitrogens is 1. The Morgan fingerprint density at radius 2 is 1.82 bits per heavy atom. The number of sulfone groups is 1. The van der Waals surface area contributed by atoms with Gasteiger partial charge in [-0.15, -0.1) is 0 Å². The largest absolute Gasteiger partial charge is 0.329 e. The lowest BCUT2D eigenvalue weighted by Gasteiger charge is -2.34. The fourth-order valence-corrected chi connectivity index (χ4v) is 6.48. The zero-order chi connectivity index (χ0) is 19.7. The van der Waals surface area contributed by atoms with Gasteiger partial charge in [0, 0.05) is 30.1 Å². The minimum absolute atomic E-state index is 0.122. The lowest BCUT2D eigenvalue weighted by molar-refractivity contribution is 0.173. The predicted molar refractivity (Wildman–Crippen MR) is 109 cm³/mol. The molecule has 28 heavy (non-hydrogen) atoms. The van der Waals surface area contributed by atoms with E-state index in [-0.39, 0.29) is 16.4 Å². The zero-order valence-electron chi connectivity index (χ0n) is 15.4. The van der Waals surface area contributed by atoms with E-state index in [0.29, 0.717) is 17.3 Å². The summed E-state index contributed by atoms with van der Waals surface area (Å²) in [6.45, 7) is 1.28. The number of H-pyrrole nitrogens is 1. The molecule has 6 nitrogen and oxygen atoms in total. The van der Waals surface area contributed by atoms with Crippen LogP contribution in [0.25, 0.3) is 10.8 Å². The van der Waals surface area contributed by atoms with Gasteiger partial charge >= 0.3 is 0 Å². The molecule has 1 aromatic heterocycles. The van der Waals surface area contributed by atoms with Gasteiger partial charge < -0.3 is 4.98 Å². The summed E-state index contributed by atoms with van der Waals surface area (Å²) in [6, 6.07) is 15.8. The van der Waals surface area contributed by atoms with Crippen LogP contribution in [0.15, 0.2) is 70.5 Å². The van der Waals surface area contributed by atoms with Crippen LogP contribution < -0.4 is 11.4 Å². The van der Waals surface area contributed by atoms with Gasteiger partial charge in [0.05, 0.1) is 10.1 Å². The molecule has 0 spiro atoms. The number of benzene rings is 2. The lowest BCUT2D eigenvalue weighted by atomic mass is 9.91. The fourth-order valence-electron chi connectivity index (χ4n) is 4.21. The van der Waals surface area contributed by atoms with E-state index in [0.717, 1.165) is 24.9 Å². The average Bonchev–Trinajstić information content (AvgIpc) is 2.69. The maximum absolute atomic E-state index is 13.9. The van der Waals surface area contributed by atoms with Crippen molar-refractivity contribution >= 4 is 20.6 Å². The normalized spacial score (nSPS) is 19.5. The molecule has 2 atom stereocenters.